The van der Waals surface area contributed by atoms with Gasteiger partial charge < -0.3 is 10.0 Å². The molecule has 2 aliphatic heterocycles. The van der Waals surface area contributed by atoms with E-state index >= 15 is 0 Å². The van der Waals surface area contributed by atoms with E-state index < -0.39 is 0 Å². The smallest absolute Gasteiger partial charge is 0.254 e. The number of carbonyl (C=O) groups is 1. The molecule has 0 aromatic heterocycles. The minimum Gasteiger partial charge on any atom is -0.508 e. The number of benzene rings is 2. The Labute approximate surface area is 208 Å². The summed E-state index contributed by atoms with van der Waals surface area (Å²) in [5.74, 6) is 2.64. The lowest BCUT2D eigenvalue weighted by Gasteiger charge is -2.67. The van der Waals surface area contributed by atoms with Gasteiger partial charge >= 0.3 is 0 Å². The third-order valence-corrected chi connectivity index (χ3v) is 11.6. The number of fused-ring (bicyclic) bond motifs is 1. The molecule has 4 aliphatic carbocycles. The largest absolute Gasteiger partial charge is 0.508 e. The lowest BCUT2D eigenvalue weighted by Crippen LogP contribution is -2.70. The van der Waals surface area contributed by atoms with Crippen LogP contribution in [-0.2, 0) is 11.8 Å². The van der Waals surface area contributed by atoms with Gasteiger partial charge in [0.15, 0.2) is 0 Å². The zero-order valence-electron chi connectivity index (χ0n) is 20.5. The van der Waals surface area contributed by atoms with E-state index in [4.69, 9.17) is 0 Å². The molecule has 0 radical (unpaired) electrons. The molecule has 2 aromatic carbocycles. The standard InChI is InChI=1S/C31H36N2O2/c34-24-10-9-22-15-27-30-12-11-26-28(23(17-30)19-33(26)29(35)21-7-2-1-3-8-21)31(30,25(22)16-24)13-14-32(27)18-20-5-4-6-20/h1-3,7-10,16,20,23,26-28,34H,4-6,11-15,17-19H2/t23-,26?,27-,28?,30-,31+/m1/s1. The topological polar surface area (TPSA) is 43.8 Å². The van der Waals surface area contributed by atoms with E-state index in [1.54, 1.807) is 0 Å². The van der Waals surface area contributed by atoms with E-state index in [2.05, 4.69) is 21.9 Å². The Hall–Kier alpha value is -2.33. The third kappa shape index (κ3) is 2.54. The zero-order valence-corrected chi connectivity index (χ0v) is 20.5. The SMILES string of the molecule is O=C(c1ccccc1)N1C[C@H]2C[C@@]34CCC1C2[C@@]31CCN(CC2CCC2)[C@@H]4Cc2ccc(O)cc21. The van der Waals surface area contributed by atoms with Gasteiger partial charge in [0.1, 0.15) is 5.75 Å². The first-order chi connectivity index (χ1) is 17.1. The van der Waals surface area contributed by atoms with Gasteiger partial charge in [0.05, 0.1) is 0 Å². The number of phenolic OH excluding ortho intramolecular Hbond substituents is 1. The molecule has 4 bridgehead atoms. The Morgan fingerprint density at radius 3 is 2.71 bits per heavy atom. The van der Waals surface area contributed by atoms with Crippen molar-refractivity contribution >= 4 is 5.91 Å². The minimum absolute atomic E-state index is 0.111. The molecular formula is C31H36N2O2. The number of hydrogen-bond donors (Lipinski definition) is 1. The fraction of sp³-hybridized carbons (Fsp3) is 0.581. The maximum Gasteiger partial charge on any atom is 0.254 e. The highest BCUT2D eigenvalue weighted by Crippen LogP contribution is 2.75. The predicted molar refractivity (Wildman–Crippen MR) is 135 cm³/mol. The fourth-order valence-electron chi connectivity index (χ4n) is 10.3. The van der Waals surface area contributed by atoms with Crippen molar-refractivity contribution in [2.24, 2.45) is 23.2 Å². The lowest BCUT2D eigenvalue weighted by atomic mass is 9.43. The van der Waals surface area contributed by atoms with Crippen LogP contribution in [0.5, 0.6) is 5.75 Å². The average Bonchev–Trinajstić information content (AvgIpc) is 3.29. The van der Waals surface area contributed by atoms with Crippen molar-refractivity contribution in [3.63, 3.8) is 0 Å². The molecule has 6 aliphatic rings. The molecule has 4 heteroatoms. The fourth-order valence-corrected chi connectivity index (χ4v) is 10.3. The third-order valence-electron chi connectivity index (χ3n) is 11.6. The van der Waals surface area contributed by atoms with Crippen molar-refractivity contribution in [1.29, 1.82) is 0 Å². The van der Waals surface area contributed by atoms with Crippen LogP contribution in [0.2, 0.25) is 0 Å². The van der Waals surface area contributed by atoms with Gasteiger partial charge in [-0.25, -0.2) is 0 Å². The van der Waals surface area contributed by atoms with Crippen LogP contribution in [0.1, 0.15) is 66.4 Å². The quantitative estimate of drug-likeness (QED) is 0.689. The van der Waals surface area contributed by atoms with Crippen LogP contribution in [0.25, 0.3) is 0 Å². The van der Waals surface area contributed by atoms with Crippen molar-refractivity contribution in [2.45, 2.75) is 68.9 Å². The molecule has 4 nitrogen and oxygen atoms in total. The van der Waals surface area contributed by atoms with Crippen LogP contribution in [0.4, 0.5) is 0 Å². The molecule has 6 atom stereocenters. The summed E-state index contributed by atoms with van der Waals surface area (Å²) in [6.45, 7) is 3.38. The van der Waals surface area contributed by atoms with E-state index in [-0.39, 0.29) is 11.3 Å². The first-order valence-electron chi connectivity index (χ1n) is 14.0. The second-order valence-corrected chi connectivity index (χ2v) is 12.7. The van der Waals surface area contributed by atoms with Gasteiger partial charge in [-0.15, -0.1) is 0 Å². The molecule has 3 saturated carbocycles. The Morgan fingerprint density at radius 2 is 1.91 bits per heavy atom. The molecule has 2 heterocycles. The summed E-state index contributed by atoms with van der Waals surface area (Å²) in [6.07, 6.45) is 10.2. The molecule has 0 spiro atoms. The molecular weight excluding hydrogens is 432 g/mol. The van der Waals surface area contributed by atoms with Gasteiger partial charge in [0.25, 0.3) is 5.91 Å². The normalized spacial score (nSPS) is 39.1. The van der Waals surface area contributed by atoms with Gasteiger partial charge in [-0.1, -0.05) is 30.7 Å². The van der Waals surface area contributed by atoms with Gasteiger partial charge in [0, 0.05) is 36.2 Å². The van der Waals surface area contributed by atoms with Crippen molar-refractivity contribution < 1.29 is 9.90 Å². The summed E-state index contributed by atoms with van der Waals surface area (Å²) in [5.41, 5.74) is 4.17. The van der Waals surface area contributed by atoms with E-state index in [9.17, 15) is 9.90 Å². The van der Waals surface area contributed by atoms with Gasteiger partial charge in [-0.3, -0.25) is 9.69 Å². The number of amides is 1. The number of nitrogens with zero attached hydrogens (tertiary/aromatic N) is 2. The number of rotatable bonds is 3. The summed E-state index contributed by atoms with van der Waals surface area (Å²) >= 11 is 0. The monoisotopic (exact) mass is 468 g/mol. The second kappa shape index (κ2) is 7.12. The summed E-state index contributed by atoms with van der Waals surface area (Å²) in [5, 5.41) is 10.6. The molecule has 2 aromatic rings. The highest BCUT2D eigenvalue weighted by molar-refractivity contribution is 5.94. The number of aromatic hydroxyl groups is 1. The summed E-state index contributed by atoms with van der Waals surface area (Å²) in [4.78, 5) is 18.9. The number of phenols is 1. The highest BCUT2D eigenvalue weighted by atomic mass is 16.3. The molecule has 35 heavy (non-hydrogen) atoms. The van der Waals surface area contributed by atoms with E-state index in [0.717, 1.165) is 30.9 Å². The number of piperidine rings is 1. The number of carbonyl (C=O) groups excluding carboxylic acids is 1. The highest BCUT2D eigenvalue weighted by Gasteiger charge is 2.76. The second-order valence-electron chi connectivity index (χ2n) is 12.7. The van der Waals surface area contributed by atoms with Crippen LogP contribution in [-0.4, -0.2) is 52.5 Å². The van der Waals surface area contributed by atoms with Crippen LogP contribution in [0.15, 0.2) is 48.5 Å². The van der Waals surface area contributed by atoms with Crippen molar-refractivity contribution in [3.05, 3.63) is 65.2 Å². The first kappa shape index (κ1) is 20.8. The first-order valence-corrected chi connectivity index (χ1v) is 14.0. The van der Waals surface area contributed by atoms with Gasteiger partial charge in [0.2, 0.25) is 0 Å². The Balaban J connectivity index is 1.24. The van der Waals surface area contributed by atoms with Crippen molar-refractivity contribution in [3.8, 4) is 5.75 Å². The molecule has 2 unspecified atom stereocenters. The van der Waals surface area contributed by atoms with Crippen molar-refractivity contribution in [2.75, 3.05) is 19.6 Å². The molecule has 1 N–H and O–H groups in total. The van der Waals surface area contributed by atoms with Gasteiger partial charge in [-0.05, 0) is 110 Å². The summed E-state index contributed by atoms with van der Waals surface area (Å²) < 4.78 is 0. The van der Waals surface area contributed by atoms with Crippen LogP contribution in [0, 0.1) is 23.2 Å². The Kier molecular flexibility index (Phi) is 4.24. The minimum atomic E-state index is 0.111. The Morgan fingerprint density at radius 1 is 1.06 bits per heavy atom. The Bertz CT molecular complexity index is 1190. The number of hydrogen-bond acceptors (Lipinski definition) is 3. The molecule has 2 saturated heterocycles. The van der Waals surface area contributed by atoms with Gasteiger partial charge in [-0.2, -0.15) is 0 Å². The van der Waals surface area contributed by atoms with Crippen LogP contribution >= 0.6 is 0 Å². The summed E-state index contributed by atoms with van der Waals surface area (Å²) in [7, 11) is 0. The zero-order chi connectivity index (χ0) is 23.4. The van der Waals surface area contributed by atoms with Crippen LogP contribution < -0.4 is 0 Å². The van der Waals surface area contributed by atoms with E-state index in [1.807, 2.05) is 36.4 Å². The number of likely N-dealkylation sites (tertiary alicyclic amines) is 2. The maximum atomic E-state index is 13.7. The van der Waals surface area contributed by atoms with E-state index in [1.165, 1.54) is 62.7 Å². The van der Waals surface area contributed by atoms with Crippen LogP contribution in [0.3, 0.4) is 0 Å². The summed E-state index contributed by atoms with van der Waals surface area (Å²) in [6, 6.07) is 17.1. The van der Waals surface area contributed by atoms with E-state index in [0.29, 0.717) is 35.1 Å². The molecule has 1 amide bonds. The molecule has 5 fully saturated rings. The van der Waals surface area contributed by atoms with Crippen molar-refractivity contribution in [1.82, 2.24) is 9.80 Å². The lowest BCUT2D eigenvalue weighted by molar-refractivity contribution is -0.107. The molecule has 182 valence electrons. The predicted octanol–water partition coefficient (Wildman–Crippen LogP) is 5.00. The molecule has 8 rings (SSSR count). The maximum absolute atomic E-state index is 13.7. The average molecular weight is 469 g/mol.